The molecule has 1 aromatic rings. The highest BCUT2D eigenvalue weighted by Gasteiger charge is 2.21. The maximum atomic E-state index is 11.8. The summed E-state index contributed by atoms with van der Waals surface area (Å²) in [4.78, 5) is 13.5. The Bertz CT molecular complexity index is 308. The first-order valence-corrected chi connectivity index (χ1v) is 5.49. The van der Waals surface area contributed by atoms with E-state index in [9.17, 15) is 4.79 Å². The minimum Gasteiger partial charge on any atom is -0.467 e. The standard InChI is InChI=1S/C11H17NO2S/c1-8(2)10(15)11(13)12(3)7-9-5-4-6-14-9/h4-6,8,10,15H,7H2,1-3H3. The molecular weight excluding hydrogens is 210 g/mol. The molecule has 0 N–H and O–H groups in total. The Morgan fingerprint density at radius 3 is 2.73 bits per heavy atom. The van der Waals surface area contributed by atoms with Crippen LogP contribution in [-0.4, -0.2) is 23.1 Å². The van der Waals surface area contributed by atoms with Crippen molar-refractivity contribution in [3.8, 4) is 0 Å². The van der Waals surface area contributed by atoms with Crippen LogP contribution >= 0.6 is 12.6 Å². The third-order valence-electron chi connectivity index (χ3n) is 2.23. The van der Waals surface area contributed by atoms with Gasteiger partial charge in [0.05, 0.1) is 18.1 Å². The summed E-state index contributed by atoms with van der Waals surface area (Å²) in [5, 5.41) is -0.245. The Balaban J connectivity index is 2.54. The number of carbonyl (C=O) groups excluding carboxylic acids is 1. The first-order chi connectivity index (χ1) is 7.02. The van der Waals surface area contributed by atoms with E-state index in [2.05, 4.69) is 12.6 Å². The van der Waals surface area contributed by atoms with Crippen LogP contribution in [0.25, 0.3) is 0 Å². The van der Waals surface area contributed by atoms with Gasteiger partial charge in [-0.05, 0) is 18.1 Å². The molecule has 1 rings (SSSR count). The zero-order valence-electron chi connectivity index (χ0n) is 9.30. The summed E-state index contributed by atoms with van der Waals surface area (Å²) in [6.45, 7) is 4.46. The van der Waals surface area contributed by atoms with Gasteiger partial charge in [-0.25, -0.2) is 0 Å². The molecule has 4 heteroatoms. The van der Waals surface area contributed by atoms with E-state index in [1.807, 2.05) is 26.0 Å². The molecule has 0 aliphatic heterocycles. The second-order valence-corrected chi connectivity index (χ2v) is 4.52. The van der Waals surface area contributed by atoms with E-state index < -0.39 is 0 Å². The quantitative estimate of drug-likeness (QED) is 0.800. The van der Waals surface area contributed by atoms with Crippen LogP contribution in [0, 0.1) is 5.92 Å². The van der Waals surface area contributed by atoms with Crippen LogP contribution in [0.4, 0.5) is 0 Å². The van der Waals surface area contributed by atoms with E-state index in [0.717, 1.165) is 5.76 Å². The van der Waals surface area contributed by atoms with Crippen LogP contribution in [0.3, 0.4) is 0 Å². The van der Waals surface area contributed by atoms with Crippen molar-refractivity contribution in [3.05, 3.63) is 24.2 Å². The summed E-state index contributed by atoms with van der Waals surface area (Å²) < 4.78 is 5.18. The molecule has 84 valence electrons. The highest BCUT2D eigenvalue weighted by Crippen LogP contribution is 2.13. The number of carbonyl (C=O) groups is 1. The molecule has 1 heterocycles. The van der Waals surface area contributed by atoms with Crippen LogP contribution in [0.2, 0.25) is 0 Å². The van der Waals surface area contributed by atoms with Crippen molar-refractivity contribution in [3.63, 3.8) is 0 Å². The zero-order valence-corrected chi connectivity index (χ0v) is 10.2. The highest BCUT2D eigenvalue weighted by molar-refractivity contribution is 7.81. The third-order valence-corrected chi connectivity index (χ3v) is 3.05. The minimum absolute atomic E-state index is 0.0322. The molecule has 15 heavy (non-hydrogen) atoms. The summed E-state index contributed by atoms with van der Waals surface area (Å²) in [6, 6.07) is 3.67. The van der Waals surface area contributed by atoms with Crippen molar-refractivity contribution >= 4 is 18.5 Å². The van der Waals surface area contributed by atoms with Crippen molar-refractivity contribution < 1.29 is 9.21 Å². The van der Waals surface area contributed by atoms with E-state index in [4.69, 9.17) is 4.42 Å². The number of amides is 1. The number of nitrogens with zero attached hydrogens (tertiary/aromatic N) is 1. The summed E-state index contributed by atoms with van der Waals surface area (Å²) in [6.07, 6.45) is 1.61. The van der Waals surface area contributed by atoms with Gasteiger partial charge in [-0.3, -0.25) is 4.79 Å². The van der Waals surface area contributed by atoms with Crippen molar-refractivity contribution in [1.29, 1.82) is 0 Å². The second kappa shape index (κ2) is 5.26. The summed E-state index contributed by atoms with van der Waals surface area (Å²) in [5.74, 6) is 1.06. The maximum absolute atomic E-state index is 11.8. The minimum atomic E-state index is -0.245. The Morgan fingerprint density at radius 1 is 1.60 bits per heavy atom. The Labute approximate surface area is 95.9 Å². The fraction of sp³-hybridized carbons (Fsp3) is 0.545. The molecule has 1 atom stereocenters. The zero-order chi connectivity index (χ0) is 11.4. The van der Waals surface area contributed by atoms with Crippen molar-refractivity contribution in [2.75, 3.05) is 7.05 Å². The lowest BCUT2D eigenvalue weighted by atomic mass is 10.1. The van der Waals surface area contributed by atoms with E-state index in [-0.39, 0.29) is 17.1 Å². The van der Waals surface area contributed by atoms with Gasteiger partial charge in [0.2, 0.25) is 5.91 Å². The van der Waals surface area contributed by atoms with Gasteiger partial charge in [0, 0.05) is 7.05 Å². The molecule has 0 spiro atoms. The monoisotopic (exact) mass is 227 g/mol. The molecule has 1 unspecified atom stereocenters. The molecular formula is C11H17NO2S. The van der Waals surface area contributed by atoms with Gasteiger partial charge < -0.3 is 9.32 Å². The van der Waals surface area contributed by atoms with E-state index in [1.54, 1.807) is 18.2 Å². The lowest BCUT2D eigenvalue weighted by molar-refractivity contribution is -0.130. The van der Waals surface area contributed by atoms with E-state index >= 15 is 0 Å². The number of hydrogen-bond donors (Lipinski definition) is 1. The molecule has 1 amide bonds. The molecule has 0 saturated heterocycles. The molecule has 0 aliphatic carbocycles. The Kier molecular flexibility index (Phi) is 4.27. The summed E-state index contributed by atoms with van der Waals surface area (Å²) in [5.41, 5.74) is 0. The van der Waals surface area contributed by atoms with Crippen molar-refractivity contribution in [2.24, 2.45) is 5.92 Å². The van der Waals surface area contributed by atoms with Gasteiger partial charge in [-0.2, -0.15) is 12.6 Å². The lowest BCUT2D eigenvalue weighted by Gasteiger charge is -2.21. The van der Waals surface area contributed by atoms with Gasteiger partial charge >= 0.3 is 0 Å². The lowest BCUT2D eigenvalue weighted by Crippen LogP contribution is -2.35. The van der Waals surface area contributed by atoms with Crippen LogP contribution in [0.15, 0.2) is 22.8 Å². The van der Waals surface area contributed by atoms with Crippen LogP contribution in [0.5, 0.6) is 0 Å². The fourth-order valence-electron chi connectivity index (χ4n) is 1.23. The van der Waals surface area contributed by atoms with Crippen molar-refractivity contribution in [1.82, 2.24) is 4.90 Å². The number of rotatable bonds is 4. The fourth-order valence-corrected chi connectivity index (χ4v) is 1.42. The highest BCUT2D eigenvalue weighted by atomic mass is 32.1. The van der Waals surface area contributed by atoms with Gasteiger partial charge in [-0.15, -0.1) is 0 Å². The molecule has 0 aromatic carbocycles. The number of thiol groups is 1. The van der Waals surface area contributed by atoms with Gasteiger partial charge in [0.15, 0.2) is 0 Å². The normalized spacial score (nSPS) is 12.9. The summed E-state index contributed by atoms with van der Waals surface area (Å²) >= 11 is 4.29. The number of furan rings is 1. The third kappa shape index (κ3) is 3.30. The average Bonchev–Trinajstić information content (AvgIpc) is 2.67. The smallest absolute Gasteiger partial charge is 0.235 e. The molecule has 0 fully saturated rings. The first-order valence-electron chi connectivity index (χ1n) is 4.97. The average molecular weight is 227 g/mol. The second-order valence-electron chi connectivity index (χ2n) is 3.96. The molecule has 0 radical (unpaired) electrons. The molecule has 1 aromatic heterocycles. The first kappa shape index (κ1) is 12.2. The Hall–Kier alpha value is -0.900. The van der Waals surface area contributed by atoms with Gasteiger partial charge in [-0.1, -0.05) is 13.8 Å². The van der Waals surface area contributed by atoms with Crippen LogP contribution in [0.1, 0.15) is 19.6 Å². The maximum Gasteiger partial charge on any atom is 0.235 e. The predicted octanol–water partition coefficient (Wildman–Crippen LogP) is 2.19. The van der Waals surface area contributed by atoms with E-state index in [0.29, 0.717) is 6.54 Å². The van der Waals surface area contributed by atoms with E-state index in [1.165, 1.54) is 0 Å². The largest absolute Gasteiger partial charge is 0.467 e. The molecule has 0 aliphatic rings. The molecule has 0 saturated carbocycles. The van der Waals surface area contributed by atoms with Gasteiger partial charge in [0.25, 0.3) is 0 Å². The van der Waals surface area contributed by atoms with Gasteiger partial charge in [0.1, 0.15) is 5.76 Å². The SMILES string of the molecule is CC(C)C(S)C(=O)N(C)Cc1ccco1. The topological polar surface area (TPSA) is 33.5 Å². The van der Waals surface area contributed by atoms with Crippen LogP contribution in [-0.2, 0) is 11.3 Å². The Morgan fingerprint density at radius 2 is 2.27 bits per heavy atom. The summed E-state index contributed by atoms with van der Waals surface area (Å²) in [7, 11) is 1.76. The predicted molar refractivity (Wildman–Crippen MR) is 62.8 cm³/mol. The number of hydrogen-bond acceptors (Lipinski definition) is 3. The van der Waals surface area contributed by atoms with Crippen molar-refractivity contribution in [2.45, 2.75) is 25.6 Å². The molecule has 3 nitrogen and oxygen atoms in total. The van der Waals surface area contributed by atoms with Crippen LogP contribution < -0.4 is 0 Å². The molecule has 0 bridgehead atoms.